The molecule has 0 spiro atoms. The first-order chi connectivity index (χ1) is 16.0. The number of thiazole rings is 1. The van der Waals surface area contributed by atoms with Crippen molar-refractivity contribution >= 4 is 67.5 Å². The van der Waals surface area contributed by atoms with E-state index in [4.69, 9.17) is 27.6 Å². The number of hydrogen-bond acceptors (Lipinski definition) is 6. The first-order valence-corrected chi connectivity index (χ1v) is 11.4. The van der Waals surface area contributed by atoms with Gasteiger partial charge in [-0.1, -0.05) is 53.5 Å². The maximum atomic E-state index is 12.7. The molecular weight excluding hydrogens is 477 g/mol. The van der Waals surface area contributed by atoms with Crippen LogP contribution in [0, 0.1) is 11.3 Å². The number of anilines is 1. The number of fused-ring (bicyclic) bond motifs is 3. The van der Waals surface area contributed by atoms with Gasteiger partial charge in [-0.3, -0.25) is 0 Å². The van der Waals surface area contributed by atoms with Gasteiger partial charge in [0.15, 0.2) is 0 Å². The van der Waals surface area contributed by atoms with Gasteiger partial charge < -0.3 is 9.73 Å². The fourth-order valence-corrected chi connectivity index (χ4v) is 4.72. The van der Waals surface area contributed by atoms with Crippen molar-refractivity contribution < 1.29 is 4.42 Å². The zero-order valence-electron chi connectivity index (χ0n) is 16.8. The van der Waals surface area contributed by atoms with Crippen molar-refractivity contribution in [3.05, 3.63) is 97.7 Å². The second-order valence-electron chi connectivity index (χ2n) is 7.12. The molecule has 0 saturated heterocycles. The summed E-state index contributed by atoms with van der Waals surface area (Å²) in [5.41, 5.74) is 1.72. The third kappa shape index (κ3) is 4.10. The summed E-state index contributed by atoms with van der Waals surface area (Å²) in [5, 5.41) is 18.6. The second kappa shape index (κ2) is 8.72. The Hall–Kier alpha value is -3.63. The summed E-state index contributed by atoms with van der Waals surface area (Å²) in [6.45, 7) is 0. The van der Waals surface area contributed by atoms with Crippen LogP contribution in [0.1, 0.15) is 5.01 Å². The lowest BCUT2D eigenvalue weighted by atomic mass is 10.0. The van der Waals surface area contributed by atoms with E-state index in [1.807, 2.05) is 30.3 Å². The first kappa shape index (κ1) is 21.2. The number of aromatic nitrogens is 1. The van der Waals surface area contributed by atoms with Crippen LogP contribution in [-0.4, -0.2) is 4.98 Å². The molecule has 0 aliphatic heterocycles. The SMILES string of the molecule is N#C/C(=C/Nc1ccc(Cl)cc1Cl)c1nc(-c2cc3c(ccc4ccccc43)oc2=O)cs1. The van der Waals surface area contributed by atoms with E-state index in [9.17, 15) is 10.1 Å². The first-order valence-electron chi connectivity index (χ1n) is 9.77. The van der Waals surface area contributed by atoms with Crippen LogP contribution in [-0.2, 0) is 0 Å². The molecule has 0 fully saturated rings. The van der Waals surface area contributed by atoms with Crippen LogP contribution < -0.4 is 10.9 Å². The minimum Gasteiger partial charge on any atom is -0.422 e. The van der Waals surface area contributed by atoms with Crippen LogP contribution in [0.4, 0.5) is 5.69 Å². The van der Waals surface area contributed by atoms with Crippen molar-refractivity contribution in [2.45, 2.75) is 0 Å². The lowest BCUT2D eigenvalue weighted by molar-refractivity contribution is 0.563. The maximum Gasteiger partial charge on any atom is 0.345 e. The maximum absolute atomic E-state index is 12.7. The molecule has 0 radical (unpaired) electrons. The molecule has 0 atom stereocenters. The minimum atomic E-state index is -0.483. The average molecular weight is 490 g/mol. The number of nitrogens with one attached hydrogen (secondary N) is 1. The Bertz CT molecular complexity index is 1660. The zero-order valence-corrected chi connectivity index (χ0v) is 19.1. The molecule has 5 rings (SSSR count). The van der Waals surface area contributed by atoms with Crippen LogP contribution in [0.5, 0.6) is 0 Å². The molecule has 0 unspecified atom stereocenters. The summed E-state index contributed by atoms with van der Waals surface area (Å²) >= 11 is 13.4. The lowest BCUT2D eigenvalue weighted by Gasteiger charge is -2.05. The highest BCUT2D eigenvalue weighted by atomic mass is 35.5. The van der Waals surface area contributed by atoms with Gasteiger partial charge in [0.05, 0.1) is 22.0 Å². The second-order valence-corrected chi connectivity index (χ2v) is 8.82. The number of benzene rings is 3. The van der Waals surface area contributed by atoms with Crippen LogP contribution in [0.15, 0.2) is 81.5 Å². The van der Waals surface area contributed by atoms with Crippen LogP contribution in [0.25, 0.3) is 38.6 Å². The Morgan fingerprint density at radius 3 is 2.76 bits per heavy atom. The van der Waals surface area contributed by atoms with Crippen molar-refractivity contribution in [3.8, 4) is 17.3 Å². The molecule has 5 aromatic rings. The Morgan fingerprint density at radius 2 is 1.94 bits per heavy atom. The van der Waals surface area contributed by atoms with Gasteiger partial charge in [-0.05, 0) is 41.1 Å². The quantitative estimate of drug-likeness (QED) is 0.162. The van der Waals surface area contributed by atoms with Gasteiger partial charge >= 0.3 is 5.63 Å². The third-order valence-corrected chi connectivity index (χ3v) is 6.50. The van der Waals surface area contributed by atoms with E-state index >= 15 is 0 Å². The average Bonchev–Trinajstić information content (AvgIpc) is 3.30. The van der Waals surface area contributed by atoms with Gasteiger partial charge in [-0.25, -0.2) is 9.78 Å². The molecule has 0 aliphatic rings. The van der Waals surface area contributed by atoms with Gasteiger partial charge in [0.2, 0.25) is 0 Å². The molecule has 0 bridgehead atoms. The summed E-state index contributed by atoms with van der Waals surface area (Å²) < 4.78 is 5.57. The monoisotopic (exact) mass is 489 g/mol. The van der Waals surface area contributed by atoms with E-state index in [0.29, 0.717) is 43.2 Å². The number of nitriles is 1. The van der Waals surface area contributed by atoms with Crippen molar-refractivity contribution in [3.63, 3.8) is 0 Å². The normalized spacial score (nSPS) is 11.6. The van der Waals surface area contributed by atoms with E-state index < -0.39 is 5.63 Å². The molecule has 0 saturated carbocycles. The predicted molar refractivity (Wildman–Crippen MR) is 135 cm³/mol. The van der Waals surface area contributed by atoms with Crippen LogP contribution in [0.2, 0.25) is 10.0 Å². The van der Waals surface area contributed by atoms with Gasteiger partial charge in [0.1, 0.15) is 22.2 Å². The topological polar surface area (TPSA) is 78.9 Å². The van der Waals surface area contributed by atoms with Crippen molar-refractivity contribution in [1.82, 2.24) is 4.98 Å². The van der Waals surface area contributed by atoms with Gasteiger partial charge in [-0.2, -0.15) is 5.26 Å². The van der Waals surface area contributed by atoms with E-state index in [1.54, 1.807) is 35.7 Å². The van der Waals surface area contributed by atoms with Crippen molar-refractivity contribution in [2.75, 3.05) is 5.32 Å². The number of nitrogens with zero attached hydrogens (tertiary/aromatic N) is 2. The standard InChI is InChI=1S/C25H13Cl2N3O2S/c26-16-6-7-21(20(27)9-16)29-12-15(11-28)24-30-22(13-33-24)19-10-18-17-4-2-1-3-14(17)5-8-23(18)32-25(19)31/h1-10,12-13,29H/b15-12-. The number of allylic oxidation sites excluding steroid dienone is 1. The summed E-state index contributed by atoms with van der Waals surface area (Å²) in [7, 11) is 0. The summed E-state index contributed by atoms with van der Waals surface area (Å²) in [6.07, 6.45) is 1.52. The van der Waals surface area contributed by atoms with E-state index in [0.717, 1.165) is 16.2 Å². The molecule has 5 nitrogen and oxygen atoms in total. The fourth-order valence-electron chi connectivity index (χ4n) is 3.47. The highest BCUT2D eigenvalue weighted by Gasteiger charge is 2.15. The zero-order chi connectivity index (χ0) is 22.9. The van der Waals surface area contributed by atoms with E-state index in [2.05, 4.69) is 16.4 Å². The van der Waals surface area contributed by atoms with E-state index in [-0.39, 0.29) is 0 Å². The molecule has 2 heterocycles. The molecule has 2 aromatic heterocycles. The Kier molecular flexibility index (Phi) is 5.61. The van der Waals surface area contributed by atoms with E-state index in [1.165, 1.54) is 17.5 Å². The predicted octanol–water partition coefficient (Wildman–Crippen LogP) is 7.35. The van der Waals surface area contributed by atoms with Gasteiger partial charge in [0.25, 0.3) is 0 Å². The molecule has 3 aromatic carbocycles. The van der Waals surface area contributed by atoms with Crippen LogP contribution in [0.3, 0.4) is 0 Å². The Labute approximate surface area is 202 Å². The number of hydrogen-bond donors (Lipinski definition) is 1. The number of rotatable bonds is 4. The number of halogens is 2. The smallest absolute Gasteiger partial charge is 0.345 e. The summed E-state index contributed by atoms with van der Waals surface area (Å²) in [6, 6.07) is 20.5. The van der Waals surface area contributed by atoms with Gasteiger partial charge in [0, 0.05) is 22.0 Å². The highest BCUT2D eigenvalue weighted by Crippen LogP contribution is 2.30. The molecule has 160 valence electrons. The fraction of sp³-hybridized carbons (Fsp3) is 0. The Morgan fingerprint density at radius 1 is 1.09 bits per heavy atom. The van der Waals surface area contributed by atoms with Crippen molar-refractivity contribution in [2.24, 2.45) is 0 Å². The minimum absolute atomic E-state index is 0.299. The summed E-state index contributed by atoms with van der Waals surface area (Å²) in [5.74, 6) is 0. The lowest BCUT2D eigenvalue weighted by Crippen LogP contribution is -2.03. The molecule has 33 heavy (non-hydrogen) atoms. The van der Waals surface area contributed by atoms with Crippen molar-refractivity contribution in [1.29, 1.82) is 5.26 Å². The van der Waals surface area contributed by atoms with Gasteiger partial charge in [-0.15, -0.1) is 11.3 Å². The third-order valence-electron chi connectivity index (χ3n) is 5.08. The molecule has 8 heteroatoms. The molecule has 1 N–H and O–H groups in total. The summed E-state index contributed by atoms with van der Waals surface area (Å²) in [4.78, 5) is 17.2. The van der Waals surface area contributed by atoms with Crippen LogP contribution >= 0.6 is 34.5 Å². The molecule has 0 amide bonds. The molecule has 0 aliphatic carbocycles. The molecular formula is C25H13Cl2N3O2S. The highest BCUT2D eigenvalue weighted by molar-refractivity contribution is 7.11. The Balaban J connectivity index is 1.53. The largest absolute Gasteiger partial charge is 0.422 e.